The lowest BCUT2D eigenvalue weighted by Crippen LogP contribution is -2.43. The molecule has 0 spiro atoms. The first-order valence-electron chi connectivity index (χ1n) is 8.02. The van der Waals surface area contributed by atoms with Crippen LogP contribution >= 0.6 is 12.4 Å². The highest BCUT2D eigenvalue weighted by Crippen LogP contribution is 2.16. The van der Waals surface area contributed by atoms with E-state index in [9.17, 15) is 13.2 Å². The maximum Gasteiger partial charge on any atom is 0.253 e. The zero-order valence-electron chi connectivity index (χ0n) is 14.1. The Morgan fingerprint density at radius 2 is 1.79 bits per heavy atom. The summed E-state index contributed by atoms with van der Waals surface area (Å²) in [5, 5.41) is 3.24. The van der Waals surface area contributed by atoms with E-state index in [0.29, 0.717) is 23.7 Å². The van der Waals surface area contributed by atoms with Crippen molar-refractivity contribution >= 4 is 34.0 Å². The molecule has 136 valence electrons. The Bertz CT molecular complexity index is 626. The van der Waals surface area contributed by atoms with Gasteiger partial charge in [0, 0.05) is 30.4 Å². The van der Waals surface area contributed by atoms with Crippen molar-refractivity contribution in [3.05, 3.63) is 29.8 Å². The highest BCUT2D eigenvalue weighted by molar-refractivity contribution is 7.92. The van der Waals surface area contributed by atoms with Gasteiger partial charge in [0.15, 0.2) is 0 Å². The molecule has 0 bridgehead atoms. The van der Waals surface area contributed by atoms with Gasteiger partial charge in [-0.1, -0.05) is 6.92 Å². The van der Waals surface area contributed by atoms with Gasteiger partial charge in [-0.25, -0.2) is 8.42 Å². The third kappa shape index (κ3) is 5.65. The second-order valence-electron chi connectivity index (χ2n) is 5.85. The number of rotatable bonds is 6. The minimum Gasteiger partial charge on any atom is -0.339 e. The van der Waals surface area contributed by atoms with Crippen LogP contribution in [0, 0.1) is 0 Å². The van der Waals surface area contributed by atoms with E-state index in [4.69, 9.17) is 0 Å². The fourth-order valence-corrected chi connectivity index (χ4v) is 3.87. The number of amides is 1. The molecule has 1 aliphatic heterocycles. The molecule has 0 unspecified atom stereocenters. The minimum atomic E-state index is -3.30. The summed E-state index contributed by atoms with van der Waals surface area (Å²) in [6.45, 7) is 3.31. The minimum absolute atomic E-state index is 0. The number of anilines is 1. The van der Waals surface area contributed by atoms with Gasteiger partial charge < -0.3 is 10.2 Å². The first-order chi connectivity index (χ1) is 10.9. The van der Waals surface area contributed by atoms with Gasteiger partial charge in [0.2, 0.25) is 10.0 Å². The normalized spacial score (nSPS) is 15.7. The third-order valence-corrected chi connectivity index (χ3v) is 5.56. The lowest BCUT2D eigenvalue weighted by atomic mass is 10.0. The fourth-order valence-electron chi connectivity index (χ4n) is 2.73. The van der Waals surface area contributed by atoms with Crippen LogP contribution < -0.4 is 10.0 Å². The van der Waals surface area contributed by atoms with E-state index in [0.717, 1.165) is 25.9 Å². The van der Waals surface area contributed by atoms with Crippen LogP contribution in [0.15, 0.2) is 24.3 Å². The average molecular weight is 376 g/mol. The Balaban J connectivity index is 0.00000288. The van der Waals surface area contributed by atoms with Gasteiger partial charge in [-0.15, -0.1) is 12.4 Å². The van der Waals surface area contributed by atoms with Crippen molar-refractivity contribution < 1.29 is 13.2 Å². The average Bonchev–Trinajstić information content (AvgIpc) is 2.54. The van der Waals surface area contributed by atoms with Crippen LogP contribution in [0.25, 0.3) is 0 Å². The van der Waals surface area contributed by atoms with E-state index in [1.54, 1.807) is 24.3 Å². The second kappa shape index (κ2) is 9.25. The Morgan fingerprint density at radius 3 is 2.29 bits per heavy atom. The van der Waals surface area contributed by atoms with Gasteiger partial charge in [0.25, 0.3) is 5.91 Å². The summed E-state index contributed by atoms with van der Waals surface area (Å²) < 4.78 is 26.0. The summed E-state index contributed by atoms with van der Waals surface area (Å²) in [5.74, 6) is 0.0937. The van der Waals surface area contributed by atoms with Crippen molar-refractivity contribution in [2.75, 3.05) is 30.6 Å². The molecule has 6 nitrogen and oxygen atoms in total. The van der Waals surface area contributed by atoms with Crippen LogP contribution in [0.5, 0.6) is 0 Å². The molecule has 2 rings (SSSR count). The van der Waals surface area contributed by atoms with Crippen molar-refractivity contribution in [3.8, 4) is 0 Å². The fraction of sp³-hybridized carbons (Fsp3) is 0.562. The molecular formula is C16H26ClN3O3S. The van der Waals surface area contributed by atoms with Crippen molar-refractivity contribution in [1.29, 1.82) is 0 Å². The van der Waals surface area contributed by atoms with E-state index in [1.165, 1.54) is 0 Å². The van der Waals surface area contributed by atoms with Gasteiger partial charge in [0.05, 0.1) is 5.75 Å². The highest BCUT2D eigenvalue weighted by Gasteiger charge is 2.22. The van der Waals surface area contributed by atoms with Gasteiger partial charge in [-0.05, 0) is 50.6 Å². The lowest BCUT2D eigenvalue weighted by Gasteiger charge is -2.31. The number of hydrogen-bond donors (Lipinski definition) is 2. The molecule has 0 atom stereocenters. The smallest absolute Gasteiger partial charge is 0.253 e. The topological polar surface area (TPSA) is 78.5 Å². The number of carbonyl (C=O) groups is 1. The Hall–Kier alpha value is -1.31. The monoisotopic (exact) mass is 375 g/mol. The molecule has 0 radical (unpaired) electrons. The molecule has 1 aromatic carbocycles. The summed E-state index contributed by atoms with van der Waals surface area (Å²) in [6, 6.07) is 7.11. The number of hydrogen-bond acceptors (Lipinski definition) is 4. The molecule has 1 fully saturated rings. The number of likely N-dealkylation sites (tertiary alicyclic amines) is 1. The number of carbonyl (C=O) groups excluding carboxylic acids is 1. The predicted octanol–water partition coefficient (Wildman–Crippen LogP) is 2.08. The van der Waals surface area contributed by atoms with E-state index in [1.807, 2.05) is 18.9 Å². The summed E-state index contributed by atoms with van der Waals surface area (Å²) in [5.41, 5.74) is 1.08. The van der Waals surface area contributed by atoms with E-state index >= 15 is 0 Å². The van der Waals surface area contributed by atoms with Crippen LogP contribution in [0.3, 0.4) is 0 Å². The molecule has 1 aromatic rings. The lowest BCUT2D eigenvalue weighted by molar-refractivity contribution is 0.0707. The van der Waals surface area contributed by atoms with Crippen LogP contribution in [-0.4, -0.2) is 51.2 Å². The molecule has 1 aliphatic rings. The van der Waals surface area contributed by atoms with E-state index in [2.05, 4.69) is 10.0 Å². The molecule has 1 heterocycles. The maximum atomic E-state index is 12.5. The summed E-state index contributed by atoms with van der Waals surface area (Å²) in [6.07, 6.45) is 2.47. The number of halogens is 1. The largest absolute Gasteiger partial charge is 0.339 e. The van der Waals surface area contributed by atoms with E-state index in [-0.39, 0.29) is 24.1 Å². The Morgan fingerprint density at radius 1 is 1.21 bits per heavy atom. The zero-order valence-corrected chi connectivity index (χ0v) is 15.8. The van der Waals surface area contributed by atoms with E-state index < -0.39 is 10.0 Å². The molecule has 1 saturated heterocycles. The number of nitrogens with zero attached hydrogens (tertiary/aromatic N) is 1. The first kappa shape index (κ1) is 20.7. The van der Waals surface area contributed by atoms with Crippen molar-refractivity contribution in [2.45, 2.75) is 32.2 Å². The molecule has 24 heavy (non-hydrogen) atoms. The highest BCUT2D eigenvalue weighted by atomic mass is 35.5. The molecule has 0 saturated carbocycles. The van der Waals surface area contributed by atoms with Gasteiger partial charge >= 0.3 is 0 Å². The van der Waals surface area contributed by atoms with Gasteiger partial charge in [-0.3, -0.25) is 9.52 Å². The number of benzene rings is 1. The summed E-state index contributed by atoms with van der Waals surface area (Å²) in [4.78, 5) is 14.3. The summed E-state index contributed by atoms with van der Waals surface area (Å²) in [7, 11) is -1.35. The number of sulfonamides is 1. The predicted molar refractivity (Wildman–Crippen MR) is 99.4 cm³/mol. The molecular weight excluding hydrogens is 350 g/mol. The van der Waals surface area contributed by atoms with Crippen LogP contribution in [0.4, 0.5) is 5.69 Å². The van der Waals surface area contributed by atoms with Gasteiger partial charge in [-0.2, -0.15) is 0 Å². The first-order valence-corrected chi connectivity index (χ1v) is 9.67. The van der Waals surface area contributed by atoms with Crippen LogP contribution in [0.1, 0.15) is 36.5 Å². The molecule has 8 heteroatoms. The second-order valence-corrected chi connectivity index (χ2v) is 7.70. The zero-order chi connectivity index (χ0) is 16.9. The maximum absolute atomic E-state index is 12.5. The van der Waals surface area contributed by atoms with Crippen LogP contribution in [0.2, 0.25) is 0 Å². The Labute approximate surface area is 150 Å². The quantitative estimate of drug-likeness (QED) is 0.797. The SMILES string of the molecule is CCCS(=O)(=O)Nc1ccc(C(=O)N2CCC(NC)CC2)cc1.Cl. The third-order valence-electron chi connectivity index (χ3n) is 4.07. The van der Waals surface area contributed by atoms with Gasteiger partial charge in [0.1, 0.15) is 0 Å². The number of nitrogens with one attached hydrogen (secondary N) is 2. The Kier molecular flexibility index (Phi) is 7.99. The molecule has 1 amide bonds. The molecule has 0 aliphatic carbocycles. The van der Waals surface area contributed by atoms with Crippen molar-refractivity contribution in [2.24, 2.45) is 0 Å². The standard InChI is InChI=1S/C16H25N3O3S.ClH/c1-3-12-23(21,22)18-15-6-4-13(5-7-15)16(20)19-10-8-14(17-2)9-11-19;/h4-7,14,17-18H,3,8-12H2,1-2H3;1H. The van der Waals surface area contributed by atoms with Crippen molar-refractivity contribution in [3.63, 3.8) is 0 Å². The van der Waals surface area contributed by atoms with Crippen LogP contribution in [-0.2, 0) is 10.0 Å². The number of piperidine rings is 1. The molecule has 2 N–H and O–H groups in total. The van der Waals surface area contributed by atoms with Crippen molar-refractivity contribution in [1.82, 2.24) is 10.2 Å². The molecule has 0 aromatic heterocycles. The summed E-state index contributed by atoms with van der Waals surface area (Å²) >= 11 is 0.